The molecular formula is C34H44N2O7. The summed E-state index contributed by atoms with van der Waals surface area (Å²) in [5.41, 5.74) is -1.40. The van der Waals surface area contributed by atoms with Gasteiger partial charge < -0.3 is 34.8 Å². The maximum absolute atomic E-state index is 13.1. The Balaban J connectivity index is 1.66. The zero-order valence-corrected chi connectivity index (χ0v) is 24.8. The number of aldehydes is 1. The maximum atomic E-state index is 13.1. The highest BCUT2D eigenvalue weighted by molar-refractivity contribution is 5.65. The monoisotopic (exact) mass is 592 g/mol. The molecule has 5 atom stereocenters. The molecule has 0 saturated carbocycles. The van der Waals surface area contributed by atoms with Gasteiger partial charge in [0.2, 0.25) is 0 Å². The van der Waals surface area contributed by atoms with Crippen molar-refractivity contribution in [2.24, 2.45) is 0 Å². The summed E-state index contributed by atoms with van der Waals surface area (Å²) < 4.78 is 18.5. The Labute approximate surface area is 254 Å². The van der Waals surface area contributed by atoms with Crippen molar-refractivity contribution >= 4 is 6.29 Å². The van der Waals surface area contributed by atoms with Crippen LogP contribution in [-0.4, -0.2) is 95.4 Å². The second-order valence-corrected chi connectivity index (χ2v) is 11.2. The lowest BCUT2D eigenvalue weighted by Gasteiger charge is -2.46. The van der Waals surface area contributed by atoms with Crippen LogP contribution in [0.3, 0.4) is 0 Å². The molecular weight excluding hydrogens is 548 g/mol. The summed E-state index contributed by atoms with van der Waals surface area (Å²) in [6.07, 6.45) is -3.93. The van der Waals surface area contributed by atoms with Crippen LogP contribution in [0, 0.1) is 0 Å². The molecule has 9 heteroatoms. The third-order valence-electron chi connectivity index (χ3n) is 7.95. The highest BCUT2D eigenvalue weighted by Crippen LogP contribution is 2.32. The van der Waals surface area contributed by atoms with Gasteiger partial charge >= 0.3 is 0 Å². The Bertz CT molecular complexity index is 1210. The topological polar surface area (TPSA) is 121 Å². The van der Waals surface area contributed by atoms with E-state index < -0.39 is 29.5 Å². The van der Waals surface area contributed by atoms with Gasteiger partial charge in [0.05, 0.1) is 32.5 Å². The van der Waals surface area contributed by atoms with Gasteiger partial charge in [-0.1, -0.05) is 91.0 Å². The normalized spacial score (nSPS) is 19.1. The van der Waals surface area contributed by atoms with Gasteiger partial charge in [-0.25, -0.2) is 0 Å². The van der Waals surface area contributed by atoms with Crippen molar-refractivity contribution in [2.45, 2.75) is 56.3 Å². The smallest absolute Gasteiger partial charge is 0.164 e. The van der Waals surface area contributed by atoms with Crippen molar-refractivity contribution in [3.8, 4) is 0 Å². The molecule has 232 valence electrons. The van der Waals surface area contributed by atoms with Crippen LogP contribution >= 0.6 is 0 Å². The Morgan fingerprint density at radius 1 is 0.837 bits per heavy atom. The average molecular weight is 593 g/mol. The SMILES string of the molecule is C[C@@H](O)C(O)(COCc1ccccc1)[C@@H](OCc1ccccc1)[C@H](O)[C@@](C=O)(CN1CCNCC1)OCc1ccccc1. The van der Waals surface area contributed by atoms with Crippen LogP contribution in [0.25, 0.3) is 0 Å². The van der Waals surface area contributed by atoms with Crippen LogP contribution in [-0.2, 0) is 38.8 Å². The number of hydrogen-bond donors (Lipinski definition) is 4. The van der Waals surface area contributed by atoms with E-state index in [0.29, 0.717) is 19.4 Å². The standard InChI is InChI=1S/C34H44N2O7/c1-27(38)34(40,26-41-21-28-11-5-2-6-12-28)32(42-22-29-13-7-3-8-14-29)31(39)33(25-37,24-36-19-17-35-18-20-36)43-23-30-15-9-4-10-16-30/h2-16,25,27,31-32,35,38-40H,17-24,26H2,1H3/t27-,31+,32+,33+,34?/m1/s1. The van der Waals surface area contributed by atoms with E-state index in [0.717, 1.165) is 29.8 Å². The molecule has 4 N–H and O–H groups in total. The molecule has 3 aromatic carbocycles. The molecule has 0 aliphatic carbocycles. The molecule has 9 nitrogen and oxygen atoms in total. The minimum absolute atomic E-state index is 0.0114. The van der Waals surface area contributed by atoms with Gasteiger partial charge in [0.1, 0.15) is 17.8 Å². The molecule has 43 heavy (non-hydrogen) atoms. The van der Waals surface area contributed by atoms with E-state index in [1.165, 1.54) is 6.92 Å². The minimum atomic E-state index is -2.10. The fraction of sp³-hybridized carbons (Fsp3) is 0.441. The molecule has 1 unspecified atom stereocenters. The highest BCUT2D eigenvalue weighted by Gasteiger charge is 2.54. The summed E-state index contributed by atoms with van der Waals surface area (Å²) in [6, 6.07) is 28.1. The first-order valence-corrected chi connectivity index (χ1v) is 14.8. The van der Waals surface area contributed by atoms with Crippen LogP contribution in [0.4, 0.5) is 0 Å². The summed E-state index contributed by atoms with van der Waals surface area (Å²) in [4.78, 5) is 15.1. The Hall–Kier alpha value is -2.99. The second-order valence-electron chi connectivity index (χ2n) is 11.2. The molecule has 0 bridgehead atoms. The fourth-order valence-electron chi connectivity index (χ4n) is 5.25. The van der Waals surface area contributed by atoms with Crippen molar-refractivity contribution in [1.29, 1.82) is 0 Å². The Kier molecular flexibility index (Phi) is 12.4. The molecule has 0 aromatic heterocycles. The fourth-order valence-corrected chi connectivity index (χ4v) is 5.25. The van der Waals surface area contributed by atoms with Gasteiger partial charge in [-0.15, -0.1) is 0 Å². The zero-order chi connectivity index (χ0) is 30.5. The molecule has 0 spiro atoms. The molecule has 1 saturated heterocycles. The number of nitrogens with zero attached hydrogens (tertiary/aromatic N) is 1. The largest absolute Gasteiger partial charge is 0.390 e. The molecule has 3 aromatic rings. The summed E-state index contributed by atoms with van der Waals surface area (Å²) in [6.45, 7) is 4.09. The van der Waals surface area contributed by atoms with Crippen LogP contribution in [0.5, 0.6) is 0 Å². The molecule has 4 rings (SSSR count). The lowest BCUT2D eigenvalue weighted by Crippen LogP contribution is -2.68. The van der Waals surface area contributed by atoms with Gasteiger partial charge in [-0.2, -0.15) is 0 Å². The summed E-state index contributed by atoms with van der Waals surface area (Å²) in [7, 11) is 0. The van der Waals surface area contributed by atoms with Gasteiger partial charge in [0.15, 0.2) is 11.9 Å². The van der Waals surface area contributed by atoms with E-state index in [9.17, 15) is 20.1 Å². The van der Waals surface area contributed by atoms with E-state index in [4.69, 9.17) is 14.2 Å². The van der Waals surface area contributed by atoms with Crippen LogP contribution < -0.4 is 5.32 Å². The zero-order valence-electron chi connectivity index (χ0n) is 24.8. The summed E-state index contributed by atoms with van der Waals surface area (Å²) in [5.74, 6) is 0. The molecule has 1 heterocycles. The third kappa shape index (κ3) is 9.01. The van der Waals surface area contributed by atoms with Crippen molar-refractivity contribution in [3.63, 3.8) is 0 Å². The number of rotatable bonds is 17. The summed E-state index contributed by atoms with van der Waals surface area (Å²) >= 11 is 0. The molecule has 1 aliphatic heterocycles. The molecule has 0 radical (unpaired) electrons. The maximum Gasteiger partial charge on any atom is 0.164 e. The first kappa shape index (κ1) is 32.9. The highest BCUT2D eigenvalue weighted by atomic mass is 16.6. The van der Waals surface area contributed by atoms with E-state index in [2.05, 4.69) is 5.32 Å². The predicted molar refractivity (Wildman–Crippen MR) is 163 cm³/mol. The molecule has 1 aliphatic rings. The van der Waals surface area contributed by atoms with Gasteiger partial charge in [-0.05, 0) is 23.6 Å². The van der Waals surface area contributed by atoms with Crippen molar-refractivity contribution in [1.82, 2.24) is 10.2 Å². The average Bonchev–Trinajstić information content (AvgIpc) is 3.05. The van der Waals surface area contributed by atoms with Gasteiger partial charge in [0.25, 0.3) is 0 Å². The van der Waals surface area contributed by atoms with Crippen LogP contribution in [0.2, 0.25) is 0 Å². The van der Waals surface area contributed by atoms with Gasteiger partial charge in [-0.3, -0.25) is 9.69 Å². The number of nitrogens with one attached hydrogen (secondary N) is 1. The van der Waals surface area contributed by atoms with Crippen molar-refractivity contribution in [3.05, 3.63) is 108 Å². The Morgan fingerprint density at radius 2 is 1.35 bits per heavy atom. The lowest BCUT2D eigenvalue weighted by molar-refractivity contribution is -0.251. The van der Waals surface area contributed by atoms with Crippen molar-refractivity contribution < 1.29 is 34.3 Å². The van der Waals surface area contributed by atoms with Crippen molar-refractivity contribution in [2.75, 3.05) is 39.3 Å². The summed E-state index contributed by atoms with van der Waals surface area (Å²) in [5, 5.41) is 38.5. The number of ether oxygens (including phenoxy) is 3. The number of hydrogen-bond acceptors (Lipinski definition) is 9. The van der Waals surface area contributed by atoms with E-state index >= 15 is 0 Å². The lowest BCUT2D eigenvalue weighted by atomic mass is 9.81. The van der Waals surface area contributed by atoms with Crippen LogP contribution in [0.1, 0.15) is 23.6 Å². The second kappa shape index (κ2) is 16.2. The number of piperazine rings is 1. The first-order chi connectivity index (χ1) is 20.9. The Morgan fingerprint density at radius 3 is 1.86 bits per heavy atom. The van der Waals surface area contributed by atoms with Gasteiger partial charge in [0, 0.05) is 32.7 Å². The molecule has 1 fully saturated rings. The number of aliphatic hydroxyl groups is 3. The van der Waals surface area contributed by atoms with E-state index in [1.807, 2.05) is 95.9 Å². The predicted octanol–water partition coefficient (Wildman–Crippen LogP) is 2.32. The molecule has 0 amide bonds. The van der Waals surface area contributed by atoms with Crippen LogP contribution in [0.15, 0.2) is 91.0 Å². The minimum Gasteiger partial charge on any atom is -0.390 e. The quantitative estimate of drug-likeness (QED) is 0.175. The van der Waals surface area contributed by atoms with E-state index in [1.54, 1.807) is 0 Å². The first-order valence-electron chi connectivity index (χ1n) is 14.8. The number of carbonyl (C=O) groups excluding carboxylic acids is 1. The number of aliphatic hydroxyl groups excluding tert-OH is 2. The number of benzene rings is 3. The van der Waals surface area contributed by atoms with E-state index in [-0.39, 0.29) is 33.0 Å². The number of carbonyl (C=O) groups is 1. The third-order valence-corrected chi connectivity index (χ3v) is 7.95.